The fourth-order valence-corrected chi connectivity index (χ4v) is 6.12. The summed E-state index contributed by atoms with van der Waals surface area (Å²) in [7, 11) is 0. The van der Waals surface area contributed by atoms with Crippen molar-refractivity contribution in [2.75, 3.05) is 0 Å². The van der Waals surface area contributed by atoms with Crippen molar-refractivity contribution in [2.45, 2.75) is 220 Å². The average molecular weight is 546 g/mol. The molecule has 2 nitrogen and oxygen atoms in total. The van der Waals surface area contributed by atoms with Crippen molar-refractivity contribution >= 4 is 0 Å². The van der Waals surface area contributed by atoms with Crippen LogP contribution in [0.1, 0.15) is 206 Å². The molecule has 0 fully saturated rings. The largest absolute Gasteiger partial charge is 0.256 e. The van der Waals surface area contributed by atoms with E-state index >= 15 is 0 Å². The molecular weight excluding hydrogens is 472 g/mol. The Kier molecular flexibility index (Phi) is 26.7. The maximum atomic E-state index is 2.61. The van der Waals surface area contributed by atoms with Gasteiger partial charge < -0.3 is 0 Å². The van der Waals surface area contributed by atoms with Crippen LogP contribution in [-0.4, -0.2) is 4.57 Å². The van der Waals surface area contributed by atoms with E-state index in [1.807, 2.05) is 0 Å². The van der Waals surface area contributed by atoms with Crippen LogP contribution in [0.3, 0.4) is 0 Å². The SMILES string of the molecule is CCCCCCCCCCCCCCCc1n(CCCCCCCCCCCCCCC)cc[n+]1CCCC. The predicted molar refractivity (Wildman–Crippen MR) is 175 cm³/mol. The van der Waals surface area contributed by atoms with Crippen LogP contribution in [0.4, 0.5) is 0 Å². The van der Waals surface area contributed by atoms with Crippen LogP contribution in [-0.2, 0) is 19.5 Å². The molecule has 1 heterocycles. The smallest absolute Gasteiger partial charge is 0.234 e. The molecule has 0 unspecified atom stereocenters. The zero-order chi connectivity index (χ0) is 28.1. The third-order valence-electron chi connectivity index (χ3n) is 8.85. The number of hydrogen-bond donors (Lipinski definition) is 0. The molecule has 1 aromatic rings. The van der Waals surface area contributed by atoms with Crippen molar-refractivity contribution < 1.29 is 4.57 Å². The van der Waals surface area contributed by atoms with Gasteiger partial charge in [-0.25, -0.2) is 9.13 Å². The van der Waals surface area contributed by atoms with Gasteiger partial charge in [0, 0.05) is 6.42 Å². The molecule has 0 N–H and O–H groups in total. The van der Waals surface area contributed by atoms with Crippen LogP contribution in [0.2, 0.25) is 0 Å². The standard InChI is InChI=1S/C37H73N2/c1-4-7-10-12-14-16-18-20-22-24-26-28-30-32-37-38(33-9-6-3)35-36-39(37)34-31-29-27-25-23-21-19-17-15-13-11-8-5-2/h35-36H,4-34H2,1-3H3/q+1. The molecule has 0 atom stereocenters. The van der Waals surface area contributed by atoms with Gasteiger partial charge in [-0.2, -0.15) is 0 Å². The second kappa shape index (κ2) is 28.7. The molecule has 0 aliphatic heterocycles. The van der Waals surface area contributed by atoms with Crippen LogP contribution in [0.25, 0.3) is 0 Å². The van der Waals surface area contributed by atoms with Crippen LogP contribution in [0.5, 0.6) is 0 Å². The van der Waals surface area contributed by atoms with E-state index in [-0.39, 0.29) is 0 Å². The maximum Gasteiger partial charge on any atom is 0.256 e. The van der Waals surface area contributed by atoms with Crippen molar-refractivity contribution in [2.24, 2.45) is 0 Å². The number of unbranched alkanes of at least 4 members (excludes halogenated alkanes) is 25. The van der Waals surface area contributed by atoms with Crippen molar-refractivity contribution in [1.82, 2.24) is 4.57 Å². The molecule has 0 radical (unpaired) electrons. The number of imidazole rings is 1. The van der Waals surface area contributed by atoms with E-state index in [1.165, 1.54) is 199 Å². The first kappa shape index (κ1) is 36.2. The minimum absolute atomic E-state index is 1.20. The van der Waals surface area contributed by atoms with E-state index in [9.17, 15) is 0 Å². The summed E-state index contributed by atoms with van der Waals surface area (Å²) in [6.45, 7) is 9.36. The number of hydrogen-bond acceptors (Lipinski definition) is 0. The monoisotopic (exact) mass is 546 g/mol. The van der Waals surface area contributed by atoms with E-state index < -0.39 is 0 Å². The molecule has 0 saturated heterocycles. The molecule has 0 spiro atoms. The highest BCUT2D eigenvalue weighted by molar-refractivity contribution is 4.84. The lowest BCUT2D eigenvalue weighted by atomic mass is 10.0. The van der Waals surface area contributed by atoms with Crippen LogP contribution < -0.4 is 4.57 Å². The molecule has 0 saturated carbocycles. The first-order chi connectivity index (χ1) is 19.3. The zero-order valence-electron chi connectivity index (χ0n) is 27.5. The van der Waals surface area contributed by atoms with E-state index in [1.54, 1.807) is 5.82 Å². The second-order valence-corrected chi connectivity index (χ2v) is 12.7. The molecule has 0 amide bonds. The van der Waals surface area contributed by atoms with Crippen molar-refractivity contribution in [3.8, 4) is 0 Å². The average Bonchev–Trinajstić information content (AvgIpc) is 3.33. The van der Waals surface area contributed by atoms with Gasteiger partial charge in [-0.1, -0.05) is 175 Å². The Hall–Kier alpha value is -0.790. The number of aryl methyl sites for hydroxylation is 2. The number of aromatic nitrogens is 2. The highest BCUT2D eigenvalue weighted by atomic mass is 15.1. The van der Waals surface area contributed by atoms with E-state index in [2.05, 4.69) is 42.3 Å². The molecule has 39 heavy (non-hydrogen) atoms. The summed E-state index contributed by atoms with van der Waals surface area (Å²) in [5, 5.41) is 0. The van der Waals surface area contributed by atoms with Crippen LogP contribution in [0.15, 0.2) is 12.4 Å². The quantitative estimate of drug-likeness (QED) is 0.0648. The molecule has 2 heteroatoms. The Morgan fingerprint density at radius 1 is 0.436 bits per heavy atom. The molecule has 0 aliphatic carbocycles. The lowest BCUT2D eigenvalue weighted by molar-refractivity contribution is -0.704. The van der Waals surface area contributed by atoms with Gasteiger partial charge in [0.2, 0.25) is 0 Å². The Labute approximate surface area is 247 Å². The van der Waals surface area contributed by atoms with E-state index in [4.69, 9.17) is 0 Å². The normalized spacial score (nSPS) is 11.6. The van der Waals surface area contributed by atoms with Gasteiger partial charge in [0.05, 0.1) is 13.1 Å². The third-order valence-corrected chi connectivity index (χ3v) is 8.85. The van der Waals surface area contributed by atoms with Gasteiger partial charge in [-0.05, 0) is 25.7 Å². The van der Waals surface area contributed by atoms with Crippen LogP contribution in [0, 0.1) is 0 Å². The summed E-state index contributed by atoms with van der Waals surface area (Å²) >= 11 is 0. The molecule has 0 aromatic carbocycles. The van der Waals surface area contributed by atoms with Gasteiger partial charge >= 0.3 is 0 Å². The predicted octanol–water partition coefficient (Wildman–Crippen LogP) is 12.3. The summed E-state index contributed by atoms with van der Waals surface area (Å²) in [5.41, 5.74) is 0. The van der Waals surface area contributed by atoms with E-state index in [0.29, 0.717) is 0 Å². The van der Waals surface area contributed by atoms with Crippen molar-refractivity contribution in [3.63, 3.8) is 0 Å². The molecule has 230 valence electrons. The summed E-state index contributed by atoms with van der Waals surface area (Å²) in [4.78, 5) is 0. The lowest BCUT2D eigenvalue weighted by Gasteiger charge is -2.07. The molecule has 1 rings (SSSR count). The zero-order valence-corrected chi connectivity index (χ0v) is 27.5. The Morgan fingerprint density at radius 2 is 0.795 bits per heavy atom. The highest BCUT2D eigenvalue weighted by Gasteiger charge is 2.16. The minimum atomic E-state index is 1.20. The van der Waals surface area contributed by atoms with Gasteiger partial charge in [0.15, 0.2) is 0 Å². The van der Waals surface area contributed by atoms with Crippen LogP contribution >= 0.6 is 0 Å². The first-order valence-corrected chi connectivity index (χ1v) is 18.4. The summed E-state index contributed by atoms with van der Waals surface area (Å²) in [5.74, 6) is 1.60. The van der Waals surface area contributed by atoms with Gasteiger partial charge in [0.25, 0.3) is 5.82 Å². The molecule has 0 bridgehead atoms. The fraction of sp³-hybridized carbons (Fsp3) is 0.919. The number of nitrogens with zero attached hydrogens (tertiary/aromatic N) is 2. The summed E-state index contributed by atoms with van der Waals surface area (Å²) in [6, 6.07) is 0. The second-order valence-electron chi connectivity index (χ2n) is 12.7. The van der Waals surface area contributed by atoms with E-state index in [0.717, 1.165) is 0 Å². The first-order valence-electron chi connectivity index (χ1n) is 18.4. The third kappa shape index (κ3) is 21.6. The number of rotatable bonds is 31. The summed E-state index contributed by atoms with van der Waals surface area (Å²) in [6.07, 6.45) is 46.0. The lowest BCUT2D eigenvalue weighted by Crippen LogP contribution is -2.37. The molecule has 0 aliphatic rings. The van der Waals surface area contributed by atoms with Gasteiger partial charge in [-0.15, -0.1) is 0 Å². The maximum absolute atomic E-state index is 2.61. The highest BCUT2D eigenvalue weighted by Crippen LogP contribution is 2.15. The fourth-order valence-electron chi connectivity index (χ4n) is 6.12. The Bertz CT molecular complexity index is 605. The Morgan fingerprint density at radius 3 is 1.21 bits per heavy atom. The van der Waals surface area contributed by atoms with Gasteiger partial charge in [-0.3, -0.25) is 0 Å². The Balaban J connectivity index is 2.12. The molecular formula is C37H73N2+. The van der Waals surface area contributed by atoms with Gasteiger partial charge in [0.1, 0.15) is 12.4 Å². The van der Waals surface area contributed by atoms with Crippen molar-refractivity contribution in [3.05, 3.63) is 18.2 Å². The van der Waals surface area contributed by atoms with Crippen molar-refractivity contribution in [1.29, 1.82) is 0 Å². The summed E-state index contributed by atoms with van der Waals surface area (Å²) < 4.78 is 5.18. The minimum Gasteiger partial charge on any atom is -0.234 e. The molecule has 1 aromatic heterocycles. The topological polar surface area (TPSA) is 8.81 Å².